The quantitative estimate of drug-likeness (QED) is 0.303. The fraction of sp³-hybridized carbons (Fsp3) is 0.280. The molecule has 0 fully saturated rings. The Bertz CT molecular complexity index is 1190. The second-order valence-electron chi connectivity index (χ2n) is 8.78. The summed E-state index contributed by atoms with van der Waals surface area (Å²) >= 11 is 0. The molecular weight excluding hydrogens is 448 g/mol. The molecular formula is C25H30N6O4. The van der Waals surface area contributed by atoms with Crippen LogP contribution in [0.25, 0.3) is 0 Å². The molecule has 0 radical (unpaired) electrons. The van der Waals surface area contributed by atoms with E-state index in [1.807, 2.05) is 13.0 Å². The number of hydrogen-bond acceptors (Lipinski definition) is 8. The molecule has 3 rings (SSSR count). The van der Waals surface area contributed by atoms with Gasteiger partial charge in [-0.05, 0) is 63.6 Å². The number of ether oxygens (including phenoxy) is 1. The van der Waals surface area contributed by atoms with Crippen LogP contribution >= 0.6 is 0 Å². The summed E-state index contributed by atoms with van der Waals surface area (Å²) in [5.74, 6) is 0.756. The minimum Gasteiger partial charge on any atom is -0.508 e. The highest BCUT2D eigenvalue weighted by atomic mass is 16.6. The third-order valence-electron chi connectivity index (χ3n) is 4.60. The second kappa shape index (κ2) is 11.2. The summed E-state index contributed by atoms with van der Waals surface area (Å²) in [4.78, 5) is 32.8. The first-order valence-corrected chi connectivity index (χ1v) is 11.1. The predicted octanol–water partition coefficient (Wildman–Crippen LogP) is 4.23. The lowest BCUT2D eigenvalue weighted by atomic mass is 10.2. The van der Waals surface area contributed by atoms with Gasteiger partial charge in [0.2, 0.25) is 5.95 Å². The van der Waals surface area contributed by atoms with Crippen molar-refractivity contribution >= 4 is 35.1 Å². The molecule has 3 aromatic rings. The van der Waals surface area contributed by atoms with Crippen molar-refractivity contribution in [1.82, 2.24) is 20.6 Å². The topological polar surface area (TPSA) is 138 Å². The molecule has 0 aliphatic heterocycles. The van der Waals surface area contributed by atoms with Gasteiger partial charge in [-0.15, -0.1) is 0 Å². The molecule has 0 aliphatic carbocycles. The minimum absolute atomic E-state index is 0.154. The number of phenols is 1. The van der Waals surface area contributed by atoms with Crippen molar-refractivity contribution in [3.63, 3.8) is 0 Å². The Morgan fingerprint density at radius 2 is 1.77 bits per heavy atom. The Balaban J connectivity index is 1.56. The molecule has 0 spiro atoms. The molecule has 0 atom stereocenters. The van der Waals surface area contributed by atoms with Gasteiger partial charge in [-0.25, -0.2) is 9.78 Å². The van der Waals surface area contributed by atoms with Crippen LogP contribution in [0.5, 0.6) is 5.75 Å². The van der Waals surface area contributed by atoms with Crippen LogP contribution < -0.4 is 21.3 Å². The van der Waals surface area contributed by atoms with Crippen molar-refractivity contribution in [3.8, 4) is 5.75 Å². The van der Waals surface area contributed by atoms with Crippen LogP contribution in [-0.2, 0) is 4.74 Å². The molecule has 10 nitrogen and oxygen atoms in total. The molecule has 0 saturated carbocycles. The number of aryl methyl sites for hydroxylation is 1. The van der Waals surface area contributed by atoms with E-state index in [1.165, 1.54) is 0 Å². The van der Waals surface area contributed by atoms with E-state index in [2.05, 4.69) is 31.2 Å². The Labute approximate surface area is 204 Å². The van der Waals surface area contributed by atoms with E-state index < -0.39 is 11.7 Å². The number of aromatic nitrogens is 2. The summed E-state index contributed by atoms with van der Waals surface area (Å²) in [7, 11) is 0. The number of alkyl carbamates (subject to hydrolysis) is 1. The van der Waals surface area contributed by atoms with Gasteiger partial charge in [-0.2, -0.15) is 4.98 Å². The van der Waals surface area contributed by atoms with E-state index in [1.54, 1.807) is 69.4 Å². The number of hydrogen-bond donors (Lipinski definition) is 5. The van der Waals surface area contributed by atoms with Crippen LogP contribution in [0.2, 0.25) is 0 Å². The number of nitrogens with zero attached hydrogens (tertiary/aromatic N) is 2. The van der Waals surface area contributed by atoms with Gasteiger partial charge >= 0.3 is 6.09 Å². The van der Waals surface area contributed by atoms with E-state index >= 15 is 0 Å². The standard InChI is InChI=1S/C25H30N6O4/c1-16-8-9-19(32)15-20(16)30-21-10-11-27-23(31-21)29-18-7-5-6-17(14-18)22(33)26-12-13-28-24(34)35-25(2,3)4/h5-11,14-15,32H,12-13H2,1-4H3,(H,26,33)(H,28,34)(H2,27,29,30,31). The van der Waals surface area contributed by atoms with Gasteiger partial charge < -0.3 is 31.1 Å². The Hall–Kier alpha value is -4.34. The van der Waals surface area contributed by atoms with Crippen LogP contribution in [-0.4, -0.2) is 45.8 Å². The zero-order chi connectivity index (χ0) is 25.4. The van der Waals surface area contributed by atoms with Crippen LogP contribution in [0, 0.1) is 6.92 Å². The molecule has 5 N–H and O–H groups in total. The third kappa shape index (κ3) is 8.18. The lowest BCUT2D eigenvalue weighted by Gasteiger charge is -2.19. The molecule has 1 heterocycles. The molecule has 35 heavy (non-hydrogen) atoms. The summed E-state index contributed by atoms with van der Waals surface area (Å²) in [6.07, 6.45) is 1.07. The van der Waals surface area contributed by atoms with E-state index in [0.29, 0.717) is 23.0 Å². The minimum atomic E-state index is -0.580. The summed E-state index contributed by atoms with van der Waals surface area (Å²) in [5.41, 5.74) is 2.18. The van der Waals surface area contributed by atoms with Crippen molar-refractivity contribution in [2.75, 3.05) is 23.7 Å². The monoisotopic (exact) mass is 478 g/mol. The maximum absolute atomic E-state index is 12.5. The van der Waals surface area contributed by atoms with Crippen molar-refractivity contribution < 1.29 is 19.4 Å². The first-order chi connectivity index (χ1) is 16.6. The zero-order valence-corrected chi connectivity index (χ0v) is 20.2. The van der Waals surface area contributed by atoms with Gasteiger partial charge in [0.25, 0.3) is 5.91 Å². The third-order valence-corrected chi connectivity index (χ3v) is 4.60. The molecule has 2 aromatic carbocycles. The maximum Gasteiger partial charge on any atom is 0.407 e. The van der Waals surface area contributed by atoms with Crippen LogP contribution in [0.1, 0.15) is 36.7 Å². The van der Waals surface area contributed by atoms with E-state index in [9.17, 15) is 14.7 Å². The summed E-state index contributed by atoms with van der Waals surface area (Å²) < 4.78 is 5.16. The van der Waals surface area contributed by atoms with Crippen LogP contribution in [0.3, 0.4) is 0 Å². The van der Waals surface area contributed by atoms with E-state index in [0.717, 1.165) is 11.3 Å². The number of amides is 2. The molecule has 0 saturated heterocycles. The van der Waals surface area contributed by atoms with Crippen LogP contribution in [0.4, 0.5) is 27.9 Å². The Morgan fingerprint density at radius 1 is 1.00 bits per heavy atom. The number of benzene rings is 2. The maximum atomic E-state index is 12.5. The van der Waals surface area contributed by atoms with Gasteiger partial charge in [-0.1, -0.05) is 12.1 Å². The number of aromatic hydroxyl groups is 1. The highest BCUT2D eigenvalue weighted by molar-refractivity contribution is 5.95. The van der Waals surface area contributed by atoms with Crippen molar-refractivity contribution in [1.29, 1.82) is 0 Å². The predicted molar refractivity (Wildman–Crippen MR) is 134 cm³/mol. The normalized spacial score (nSPS) is 10.9. The Morgan fingerprint density at radius 3 is 2.54 bits per heavy atom. The fourth-order valence-electron chi connectivity index (χ4n) is 3.00. The number of carbonyl (C=O) groups is 2. The summed E-state index contributed by atoms with van der Waals surface area (Å²) in [5, 5.41) is 21.3. The summed E-state index contributed by atoms with van der Waals surface area (Å²) in [6.45, 7) is 7.76. The largest absolute Gasteiger partial charge is 0.508 e. The van der Waals surface area contributed by atoms with Gasteiger partial charge in [0.05, 0.1) is 0 Å². The van der Waals surface area contributed by atoms with Gasteiger partial charge in [0.1, 0.15) is 17.2 Å². The second-order valence-corrected chi connectivity index (χ2v) is 8.78. The van der Waals surface area contributed by atoms with Crippen molar-refractivity contribution in [3.05, 3.63) is 65.9 Å². The molecule has 2 amide bonds. The lowest BCUT2D eigenvalue weighted by Crippen LogP contribution is -2.37. The molecule has 0 bridgehead atoms. The summed E-state index contributed by atoms with van der Waals surface area (Å²) in [6, 6.07) is 13.7. The average Bonchev–Trinajstić information content (AvgIpc) is 2.78. The molecule has 1 aromatic heterocycles. The first-order valence-electron chi connectivity index (χ1n) is 11.1. The van der Waals surface area contributed by atoms with E-state index in [-0.39, 0.29) is 24.7 Å². The molecule has 10 heteroatoms. The van der Waals surface area contributed by atoms with Crippen molar-refractivity contribution in [2.45, 2.75) is 33.3 Å². The smallest absolute Gasteiger partial charge is 0.407 e. The highest BCUT2D eigenvalue weighted by Crippen LogP contribution is 2.24. The molecule has 0 aliphatic rings. The van der Waals surface area contributed by atoms with Crippen molar-refractivity contribution in [2.24, 2.45) is 0 Å². The fourth-order valence-corrected chi connectivity index (χ4v) is 3.00. The molecule has 184 valence electrons. The van der Waals surface area contributed by atoms with E-state index in [4.69, 9.17) is 4.74 Å². The SMILES string of the molecule is Cc1ccc(O)cc1Nc1ccnc(Nc2cccc(C(=O)NCCNC(=O)OC(C)(C)C)c2)n1. The van der Waals surface area contributed by atoms with Gasteiger partial charge in [-0.3, -0.25) is 4.79 Å². The number of rotatable bonds is 8. The number of nitrogens with one attached hydrogen (secondary N) is 4. The number of anilines is 4. The zero-order valence-electron chi connectivity index (χ0n) is 20.2. The number of carbonyl (C=O) groups excluding carboxylic acids is 2. The van der Waals surface area contributed by atoms with Gasteiger partial charge in [0.15, 0.2) is 0 Å². The van der Waals surface area contributed by atoms with Crippen LogP contribution in [0.15, 0.2) is 54.7 Å². The molecule has 0 unspecified atom stereocenters. The Kier molecular flexibility index (Phi) is 8.08. The lowest BCUT2D eigenvalue weighted by molar-refractivity contribution is 0.0526. The highest BCUT2D eigenvalue weighted by Gasteiger charge is 2.15. The first kappa shape index (κ1) is 25.3. The average molecular weight is 479 g/mol. The van der Waals surface area contributed by atoms with Gasteiger partial charge in [0, 0.05) is 42.3 Å². The number of phenolic OH excluding ortho intramolecular Hbond substituents is 1.